The Balaban J connectivity index is 1.74. The van der Waals surface area contributed by atoms with Gasteiger partial charge in [0.05, 0.1) is 22.9 Å². The van der Waals surface area contributed by atoms with E-state index in [1.54, 1.807) is 10.9 Å². The molecule has 0 spiro atoms. The van der Waals surface area contributed by atoms with E-state index < -0.39 is 14.9 Å². The van der Waals surface area contributed by atoms with Gasteiger partial charge in [-0.15, -0.1) is 0 Å². The van der Waals surface area contributed by atoms with Gasteiger partial charge in [0.15, 0.2) is 0 Å². The Morgan fingerprint density at radius 2 is 2.08 bits per heavy atom. The molecule has 8 nitrogen and oxygen atoms in total. The number of fused-ring (bicyclic) bond motifs is 1. The molecule has 9 heteroatoms. The Bertz CT molecular complexity index is 858. The minimum absolute atomic E-state index is 0.0589. The van der Waals surface area contributed by atoms with Gasteiger partial charge in [-0.1, -0.05) is 12.1 Å². The van der Waals surface area contributed by atoms with Crippen LogP contribution in [0.25, 0.3) is 0 Å². The molecule has 1 aliphatic carbocycles. The summed E-state index contributed by atoms with van der Waals surface area (Å²) in [6.45, 7) is 0. The van der Waals surface area contributed by atoms with Gasteiger partial charge in [0, 0.05) is 30.4 Å². The van der Waals surface area contributed by atoms with Gasteiger partial charge in [-0.25, -0.2) is 13.1 Å². The van der Waals surface area contributed by atoms with Crippen LogP contribution in [0.2, 0.25) is 0 Å². The highest BCUT2D eigenvalue weighted by Gasteiger charge is 2.27. The Hall–Kier alpha value is -2.26. The van der Waals surface area contributed by atoms with Gasteiger partial charge in [0.25, 0.3) is 5.69 Å². The molecule has 1 N–H and O–H groups in total. The van der Waals surface area contributed by atoms with Crippen molar-refractivity contribution in [2.75, 3.05) is 0 Å². The summed E-state index contributed by atoms with van der Waals surface area (Å²) in [7, 11) is -1.70. The van der Waals surface area contributed by atoms with Crippen LogP contribution < -0.4 is 4.72 Å². The molecule has 1 aliphatic rings. The molecule has 1 aromatic carbocycles. The lowest BCUT2D eigenvalue weighted by Crippen LogP contribution is -2.31. The molecule has 0 saturated carbocycles. The first-order valence-electron chi connectivity index (χ1n) is 7.60. The zero-order valence-corrected chi connectivity index (χ0v) is 14.0. The molecule has 0 amide bonds. The van der Waals surface area contributed by atoms with E-state index in [1.165, 1.54) is 24.3 Å². The molecule has 1 atom stereocenters. The molecule has 0 saturated heterocycles. The number of benzene rings is 1. The summed E-state index contributed by atoms with van der Waals surface area (Å²) in [5.41, 5.74) is 2.44. The summed E-state index contributed by atoms with van der Waals surface area (Å²) < 4.78 is 29.4. The first-order chi connectivity index (χ1) is 11.4. The second kappa shape index (κ2) is 6.33. The van der Waals surface area contributed by atoms with E-state index in [0.717, 1.165) is 30.5 Å². The number of nitro benzene ring substituents is 1. The highest BCUT2D eigenvalue weighted by atomic mass is 32.2. The first-order valence-corrected chi connectivity index (χ1v) is 9.25. The number of sulfonamides is 1. The largest absolute Gasteiger partial charge is 0.272 e. The maximum atomic E-state index is 12.4. The number of rotatable bonds is 5. The average molecular weight is 350 g/mol. The van der Waals surface area contributed by atoms with Crippen LogP contribution in [0.3, 0.4) is 0 Å². The van der Waals surface area contributed by atoms with Crippen molar-refractivity contribution >= 4 is 15.7 Å². The Morgan fingerprint density at radius 3 is 2.75 bits per heavy atom. The lowest BCUT2D eigenvalue weighted by molar-refractivity contribution is -0.384. The normalized spacial score (nSPS) is 17.5. The molecule has 2 aromatic rings. The van der Waals surface area contributed by atoms with Crippen molar-refractivity contribution < 1.29 is 13.3 Å². The molecule has 0 aliphatic heterocycles. The first kappa shape index (κ1) is 16.6. The molecule has 1 heterocycles. The van der Waals surface area contributed by atoms with E-state index in [2.05, 4.69) is 9.82 Å². The van der Waals surface area contributed by atoms with Crippen LogP contribution in [0, 0.1) is 10.1 Å². The van der Waals surface area contributed by atoms with E-state index >= 15 is 0 Å². The van der Waals surface area contributed by atoms with Crippen LogP contribution in [0.4, 0.5) is 5.69 Å². The van der Waals surface area contributed by atoms with E-state index in [4.69, 9.17) is 0 Å². The topological polar surface area (TPSA) is 107 Å². The quantitative estimate of drug-likeness (QED) is 0.654. The van der Waals surface area contributed by atoms with Crippen molar-refractivity contribution in [2.45, 2.75) is 31.1 Å². The monoisotopic (exact) mass is 350 g/mol. The minimum atomic E-state index is -3.56. The zero-order chi connectivity index (χ0) is 17.3. The standard InChI is InChI=1S/C15H18N4O4S/c1-18-15-4-2-3-14(13(15)9-16-18)17-24(22,23)10-11-5-7-12(8-6-11)19(20)21/h5-9,14,17H,2-4,10H2,1H3. The van der Waals surface area contributed by atoms with Crippen LogP contribution >= 0.6 is 0 Å². The molecule has 1 unspecified atom stereocenters. The zero-order valence-electron chi connectivity index (χ0n) is 13.2. The van der Waals surface area contributed by atoms with Crippen LogP contribution in [-0.4, -0.2) is 23.1 Å². The van der Waals surface area contributed by atoms with Crippen molar-refractivity contribution in [1.82, 2.24) is 14.5 Å². The fourth-order valence-corrected chi connectivity index (χ4v) is 4.41. The molecule has 0 fully saturated rings. The number of non-ortho nitro benzene ring substituents is 1. The molecule has 1 aromatic heterocycles. The number of nitrogens with zero attached hydrogens (tertiary/aromatic N) is 3. The van der Waals surface area contributed by atoms with Crippen molar-refractivity contribution in [3.8, 4) is 0 Å². The van der Waals surface area contributed by atoms with Crippen molar-refractivity contribution in [3.05, 3.63) is 57.4 Å². The van der Waals surface area contributed by atoms with Gasteiger partial charge in [-0.2, -0.15) is 5.10 Å². The minimum Gasteiger partial charge on any atom is -0.272 e. The van der Waals surface area contributed by atoms with E-state index in [9.17, 15) is 18.5 Å². The molecular formula is C15H18N4O4S. The number of hydrogen-bond donors (Lipinski definition) is 1. The molecule has 128 valence electrons. The fraction of sp³-hybridized carbons (Fsp3) is 0.400. The number of nitrogens with one attached hydrogen (secondary N) is 1. The summed E-state index contributed by atoms with van der Waals surface area (Å²) in [6, 6.07) is 5.28. The molecule has 0 radical (unpaired) electrons. The lowest BCUT2D eigenvalue weighted by Gasteiger charge is -2.23. The Kier molecular flexibility index (Phi) is 4.37. The molecule has 0 bridgehead atoms. The smallest absolute Gasteiger partial charge is 0.269 e. The number of hydrogen-bond acceptors (Lipinski definition) is 5. The number of aryl methyl sites for hydroxylation is 1. The predicted molar refractivity (Wildman–Crippen MR) is 87.7 cm³/mol. The third-order valence-corrected chi connectivity index (χ3v) is 5.56. The highest BCUT2D eigenvalue weighted by Crippen LogP contribution is 2.30. The Morgan fingerprint density at radius 1 is 1.38 bits per heavy atom. The molecular weight excluding hydrogens is 332 g/mol. The van der Waals surface area contributed by atoms with Gasteiger partial charge < -0.3 is 0 Å². The highest BCUT2D eigenvalue weighted by molar-refractivity contribution is 7.88. The van der Waals surface area contributed by atoms with E-state index in [0.29, 0.717) is 5.56 Å². The van der Waals surface area contributed by atoms with Gasteiger partial charge in [0.2, 0.25) is 10.0 Å². The van der Waals surface area contributed by atoms with Gasteiger partial charge in [-0.3, -0.25) is 14.8 Å². The maximum Gasteiger partial charge on any atom is 0.269 e. The summed E-state index contributed by atoms with van der Waals surface area (Å²) in [6.07, 6.45) is 4.25. The summed E-state index contributed by atoms with van der Waals surface area (Å²) in [4.78, 5) is 10.1. The van der Waals surface area contributed by atoms with Gasteiger partial charge in [0.1, 0.15) is 0 Å². The Labute approximate surface area is 139 Å². The van der Waals surface area contributed by atoms with E-state index in [1.807, 2.05) is 7.05 Å². The molecule has 3 rings (SSSR count). The summed E-state index contributed by atoms with van der Waals surface area (Å²) >= 11 is 0. The van der Waals surface area contributed by atoms with E-state index in [-0.39, 0.29) is 17.5 Å². The van der Waals surface area contributed by atoms with Crippen LogP contribution in [0.15, 0.2) is 30.5 Å². The fourth-order valence-electron chi connectivity index (χ4n) is 3.02. The van der Waals surface area contributed by atoms with Crippen LogP contribution in [0.5, 0.6) is 0 Å². The summed E-state index contributed by atoms with van der Waals surface area (Å²) in [5, 5.41) is 14.9. The average Bonchev–Trinajstić information content (AvgIpc) is 2.90. The lowest BCUT2D eigenvalue weighted by atomic mass is 9.94. The predicted octanol–water partition coefficient (Wildman–Crippen LogP) is 1.83. The van der Waals surface area contributed by atoms with Gasteiger partial charge >= 0.3 is 0 Å². The second-order valence-corrected chi connectivity index (χ2v) is 7.67. The second-order valence-electron chi connectivity index (χ2n) is 5.92. The SMILES string of the molecule is Cn1ncc2c1CCCC2NS(=O)(=O)Cc1ccc([N+](=O)[O-])cc1. The number of aromatic nitrogens is 2. The van der Waals surface area contributed by atoms with Crippen molar-refractivity contribution in [1.29, 1.82) is 0 Å². The number of nitro groups is 1. The maximum absolute atomic E-state index is 12.4. The molecule has 24 heavy (non-hydrogen) atoms. The van der Waals surface area contributed by atoms with Gasteiger partial charge in [-0.05, 0) is 24.8 Å². The summed E-state index contributed by atoms with van der Waals surface area (Å²) in [5.74, 6) is -0.211. The van der Waals surface area contributed by atoms with Crippen molar-refractivity contribution in [2.24, 2.45) is 7.05 Å². The van der Waals surface area contributed by atoms with Crippen molar-refractivity contribution in [3.63, 3.8) is 0 Å². The van der Waals surface area contributed by atoms with Crippen LogP contribution in [0.1, 0.15) is 35.7 Å². The third-order valence-electron chi connectivity index (χ3n) is 4.20. The van der Waals surface area contributed by atoms with Crippen LogP contribution in [-0.2, 0) is 29.2 Å². The third kappa shape index (κ3) is 3.46.